The maximum atomic E-state index is 13.5. The van der Waals surface area contributed by atoms with Crippen molar-refractivity contribution in [3.05, 3.63) is 64.7 Å². The molecule has 37 heavy (non-hydrogen) atoms. The summed E-state index contributed by atoms with van der Waals surface area (Å²) in [6.45, 7) is 11.6. The van der Waals surface area contributed by atoms with E-state index >= 15 is 0 Å². The summed E-state index contributed by atoms with van der Waals surface area (Å²) >= 11 is 0. The van der Waals surface area contributed by atoms with E-state index in [4.69, 9.17) is 10.1 Å². The van der Waals surface area contributed by atoms with Crippen LogP contribution in [0.3, 0.4) is 0 Å². The molecule has 1 saturated heterocycles. The van der Waals surface area contributed by atoms with Crippen LogP contribution < -0.4 is 15.4 Å². The fraction of sp³-hybridized carbons (Fsp3) is 0.483. The number of guanidine groups is 1. The van der Waals surface area contributed by atoms with Gasteiger partial charge in [0, 0.05) is 23.1 Å². The second kappa shape index (κ2) is 8.31. The van der Waals surface area contributed by atoms with Crippen molar-refractivity contribution in [1.82, 2.24) is 15.5 Å². The Kier molecular flexibility index (Phi) is 5.68. The Morgan fingerprint density at radius 2 is 1.78 bits per heavy atom. The number of para-hydroxylation sites is 1. The summed E-state index contributed by atoms with van der Waals surface area (Å²) in [6, 6.07) is 12.0. The molecule has 2 aliphatic heterocycles. The van der Waals surface area contributed by atoms with Crippen LogP contribution in [0, 0.1) is 10.8 Å². The lowest BCUT2D eigenvalue weighted by molar-refractivity contribution is -0.134. The number of carbonyl (C=O) groups is 2. The zero-order chi connectivity index (χ0) is 26.9. The third-order valence-electron chi connectivity index (χ3n) is 7.85. The van der Waals surface area contributed by atoms with Crippen LogP contribution in [0.15, 0.2) is 42.5 Å². The Hall–Kier alpha value is -3.39. The van der Waals surface area contributed by atoms with E-state index in [-0.39, 0.29) is 35.7 Å². The molecule has 8 nitrogen and oxygen atoms in total. The van der Waals surface area contributed by atoms with E-state index in [1.54, 1.807) is 24.8 Å². The monoisotopic (exact) mass is 504 g/mol. The van der Waals surface area contributed by atoms with Gasteiger partial charge in [-0.05, 0) is 68.9 Å². The molecule has 0 spiro atoms. The highest BCUT2D eigenvalue weighted by molar-refractivity contribution is 6.00. The fourth-order valence-corrected chi connectivity index (χ4v) is 6.06. The summed E-state index contributed by atoms with van der Waals surface area (Å²) in [5.41, 5.74) is 1.44. The molecule has 0 unspecified atom stereocenters. The van der Waals surface area contributed by atoms with Gasteiger partial charge in [0.05, 0.1) is 12.1 Å². The van der Waals surface area contributed by atoms with Crippen LogP contribution in [0.2, 0.25) is 0 Å². The summed E-state index contributed by atoms with van der Waals surface area (Å²) in [5, 5.41) is 25.9. The highest BCUT2D eigenvalue weighted by Crippen LogP contribution is 2.50. The minimum Gasteiger partial charge on any atom is -0.485 e. The van der Waals surface area contributed by atoms with Gasteiger partial charge >= 0.3 is 0 Å². The van der Waals surface area contributed by atoms with E-state index in [9.17, 15) is 14.7 Å². The normalized spacial score (nSPS) is 27.0. The number of aliphatic hydroxyl groups is 1. The third-order valence-corrected chi connectivity index (χ3v) is 7.85. The first-order valence-corrected chi connectivity index (χ1v) is 12.8. The minimum absolute atomic E-state index is 0.0891. The van der Waals surface area contributed by atoms with E-state index in [1.807, 2.05) is 50.2 Å². The molecule has 8 heteroatoms. The molecule has 4 N–H and O–H groups in total. The van der Waals surface area contributed by atoms with Crippen molar-refractivity contribution in [2.45, 2.75) is 83.7 Å². The molecule has 0 bridgehead atoms. The molecule has 2 aromatic carbocycles. The van der Waals surface area contributed by atoms with Crippen molar-refractivity contribution in [3.63, 3.8) is 0 Å². The topological polar surface area (TPSA) is 115 Å². The molecule has 1 aliphatic carbocycles. The number of aliphatic hydroxyl groups excluding tert-OH is 1. The standard InChI is InChI=1S/C29H36N4O4/c1-27(2)14-17-12-11-16(13-19(17)23(27)33-21(34)15-28(3,4)32-26(33)30)25(36)31-22-18-9-7-8-10-20(18)37-29(5,6)24(22)35/h7-13,22-24,35H,14-15H2,1-6H3,(H2,30,32)(H,31,36)/t22-,23+,24+/m1/s1. The molecular formula is C29H36N4O4. The van der Waals surface area contributed by atoms with Crippen LogP contribution in [-0.2, 0) is 11.2 Å². The number of rotatable bonds is 3. The SMILES string of the molecule is CC1(C)CC(=O)N([C@H]2c3cc(C(=O)N[C@@H]4c5ccccc5OC(C)(C)[C@H]4O)ccc3CC2(C)C)C(=N)N1. The minimum atomic E-state index is -0.951. The second-order valence-electron chi connectivity index (χ2n) is 12.4. The molecule has 2 aromatic rings. The first-order valence-electron chi connectivity index (χ1n) is 12.8. The first kappa shape index (κ1) is 25.3. The van der Waals surface area contributed by atoms with Gasteiger partial charge in [0.15, 0.2) is 5.96 Å². The van der Waals surface area contributed by atoms with Gasteiger partial charge in [-0.2, -0.15) is 0 Å². The lowest BCUT2D eigenvalue weighted by Gasteiger charge is -2.45. The van der Waals surface area contributed by atoms with Crippen molar-refractivity contribution in [2.24, 2.45) is 5.41 Å². The van der Waals surface area contributed by atoms with Crippen LogP contribution >= 0.6 is 0 Å². The van der Waals surface area contributed by atoms with Crippen molar-refractivity contribution in [1.29, 1.82) is 5.41 Å². The molecule has 2 amide bonds. The van der Waals surface area contributed by atoms with Crippen LogP contribution in [0.5, 0.6) is 5.75 Å². The second-order valence-corrected chi connectivity index (χ2v) is 12.4. The molecular weight excluding hydrogens is 468 g/mol. The zero-order valence-corrected chi connectivity index (χ0v) is 22.3. The number of carbonyl (C=O) groups excluding carboxylic acids is 2. The molecule has 3 atom stereocenters. The largest absolute Gasteiger partial charge is 0.485 e. The Labute approximate surface area is 217 Å². The molecule has 5 rings (SSSR count). The summed E-state index contributed by atoms with van der Waals surface area (Å²) in [5.74, 6) is 0.309. The lowest BCUT2D eigenvalue weighted by Crippen LogP contribution is -2.61. The van der Waals surface area contributed by atoms with Crippen molar-refractivity contribution >= 4 is 17.8 Å². The predicted molar refractivity (Wildman–Crippen MR) is 140 cm³/mol. The average Bonchev–Trinajstić information content (AvgIpc) is 3.04. The summed E-state index contributed by atoms with van der Waals surface area (Å²) < 4.78 is 5.98. The maximum Gasteiger partial charge on any atom is 0.251 e. The first-order chi connectivity index (χ1) is 17.2. The summed E-state index contributed by atoms with van der Waals surface area (Å²) in [6.07, 6.45) is 0.0671. The molecule has 3 aliphatic rings. The van der Waals surface area contributed by atoms with Gasteiger partial charge in [-0.1, -0.05) is 38.1 Å². The van der Waals surface area contributed by atoms with E-state index in [1.165, 1.54) is 0 Å². The number of nitrogens with zero attached hydrogens (tertiary/aromatic N) is 1. The molecule has 0 aromatic heterocycles. The Morgan fingerprint density at radius 3 is 2.49 bits per heavy atom. The smallest absolute Gasteiger partial charge is 0.251 e. The lowest BCUT2D eigenvalue weighted by atomic mass is 9.83. The summed E-state index contributed by atoms with van der Waals surface area (Å²) in [7, 11) is 0. The van der Waals surface area contributed by atoms with Gasteiger partial charge in [0.1, 0.15) is 17.5 Å². The van der Waals surface area contributed by atoms with Gasteiger partial charge < -0.3 is 20.5 Å². The van der Waals surface area contributed by atoms with Gasteiger partial charge in [-0.3, -0.25) is 19.9 Å². The third kappa shape index (κ3) is 4.27. The fourth-order valence-electron chi connectivity index (χ4n) is 6.06. The number of fused-ring (bicyclic) bond motifs is 2. The number of ether oxygens (including phenoxy) is 1. The number of amides is 2. The average molecular weight is 505 g/mol. The Morgan fingerprint density at radius 1 is 1.08 bits per heavy atom. The predicted octanol–water partition coefficient (Wildman–Crippen LogP) is 3.85. The molecule has 0 saturated carbocycles. The number of benzene rings is 2. The van der Waals surface area contributed by atoms with Gasteiger partial charge in [0.25, 0.3) is 5.91 Å². The number of hydrogen-bond acceptors (Lipinski definition) is 5. The van der Waals surface area contributed by atoms with Crippen LogP contribution in [0.4, 0.5) is 0 Å². The van der Waals surface area contributed by atoms with E-state index in [0.29, 0.717) is 11.3 Å². The number of hydrogen-bond donors (Lipinski definition) is 4. The zero-order valence-electron chi connectivity index (χ0n) is 22.3. The van der Waals surface area contributed by atoms with E-state index in [2.05, 4.69) is 24.5 Å². The number of nitrogens with one attached hydrogen (secondary N) is 3. The highest BCUT2D eigenvalue weighted by Gasteiger charge is 2.49. The highest BCUT2D eigenvalue weighted by atomic mass is 16.5. The van der Waals surface area contributed by atoms with Gasteiger partial charge in [0.2, 0.25) is 5.91 Å². The molecule has 0 radical (unpaired) electrons. The maximum absolute atomic E-state index is 13.5. The Balaban J connectivity index is 1.47. The Bertz CT molecular complexity index is 1280. The van der Waals surface area contributed by atoms with Crippen LogP contribution in [-0.4, -0.2) is 45.0 Å². The van der Waals surface area contributed by atoms with Crippen LogP contribution in [0.1, 0.15) is 87.1 Å². The van der Waals surface area contributed by atoms with Crippen molar-refractivity contribution < 1.29 is 19.4 Å². The quantitative estimate of drug-likeness (QED) is 0.507. The van der Waals surface area contributed by atoms with Crippen molar-refractivity contribution in [3.8, 4) is 5.75 Å². The van der Waals surface area contributed by atoms with Gasteiger partial charge in [-0.25, -0.2) is 0 Å². The molecule has 2 heterocycles. The van der Waals surface area contributed by atoms with E-state index in [0.717, 1.165) is 23.1 Å². The van der Waals surface area contributed by atoms with Gasteiger partial charge in [-0.15, -0.1) is 0 Å². The molecule has 1 fully saturated rings. The van der Waals surface area contributed by atoms with Crippen molar-refractivity contribution in [2.75, 3.05) is 0 Å². The molecule has 196 valence electrons. The summed E-state index contributed by atoms with van der Waals surface area (Å²) in [4.78, 5) is 28.3. The van der Waals surface area contributed by atoms with E-state index < -0.39 is 23.3 Å². The van der Waals surface area contributed by atoms with Crippen LogP contribution in [0.25, 0.3) is 0 Å².